The highest BCUT2D eigenvalue weighted by atomic mass is 32.1. The molecule has 10 aromatic rings. The number of allylic oxidation sites excluding steroid dienone is 2. The smallest absolute Gasteiger partial charge is 0.117 e. The van der Waals surface area contributed by atoms with Gasteiger partial charge < -0.3 is 10.3 Å². The van der Waals surface area contributed by atoms with Crippen LogP contribution in [0.2, 0.25) is 0 Å². The lowest BCUT2D eigenvalue weighted by atomic mass is 10.0. The summed E-state index contributed by atoms with van der Waals surface area (Å²) >= 11 is 1.79. The summed E-state index contributed by atoms with van der Waals surface area (Å²) in [6.45, 7) is 95.0. The average Bonchev–Trinajstić information content (AvgIpc) is 1.70. The molecule has 0 bridgehead atoms. The Hall–Kier alpha value is -7.36. The zero-order valence-electron chi connectivity index (χ0n) is 81.6. The molecule has 14 nitrogen and oxygen atoms in total. The summed E-state index contributed by atoms with van der Waals surface area (Å²) in [6.07, 6.45) is 16.2. The van der Waals surface area contributed by atoms with Crippen LogP contribution >= 0.6 is 11.3 Å². The van der Waals surface area contributed by atoms with Crippen molar-refractivity contribution >= 4 is 65.4 Å². The van der Waals surface area contributed by atoms with Gasteiger partial charge in [-0.2, -0.15) is 30.3 Å². The second kappa shape index (κ2) is 97.8. The van der Waals surface area contributed by atoms with Crippen molar-refractivity contribution in [2.45, 2.75) is 367 Å². The monoisotopic (exact) mass is 1580 g/mol. The van der Waals surface area contributed by atoms with Gasteiger partial charge in [-0.15, -0.1) is 11.3 Å². The molecule has 5 aromatic heterocycles. The first-order valence-corrected chi connectivity index (χ1v) is 45.2. The van der Waals surface area contributed by atoms with Crippen LogP contribution in [0.1, 0.15) is 360 Å². The van der Waals surface area contributed by atoms with E-state index < -0.39 is 0 Å². The van der Waals surface area contributed by atoms with Gasteiger partial charge in [0, 0.05) is 28.7 Å². The molecule has 1 fully saturated rings. The Morgan fingerprint density at radius 3 is 1.04 bits per heavy atom. The number of rotatable bonds is 4. The summed E-state index contributed by atoms with van der Waals surface area (Å²) in [6, 6.07) is 41.7. The molecular formula is C97H184N14S. The van der Waals surface area contributed by atoms with Gasteiger partial charge in [0.05, 0.1) is 61.8 Å². The van der Waals surface area contributed by atoms with Gasteiger partial charge >= 0.3 is 0 Å². The van der Waals surface area contributed by atoms with Crippen LogP contribution in [0.15, 0.2) is 168 Å². The third-order valence-electron chi connectivity index (χ3n) is 11.6. The maximum atomic E-state index is 4.53. The van der Waals surface area contributed by atoms with Crippen molar-refractivity contribution in [3.63, 3.8) is 0 Å². The molecule has 3 aliphatic rings. The fourth-order valence-corrected chi connectivity index (χ4v) is 8.59. The van der Waals surface area contributed by atoms with Crippen LogP contribution in [0.3, 0.4) is 0 Å². The topological polar surface area (TPSA) is 170 Å². The third-order valence-corrected chi connectivity index (χ3v) is 13.0. The summed E-state index contributed by atoms with van der Waals surface area (Å²) in [7, 11) is 0. The number of hydrogen-bond donors (Lipinski definition) is 4. The largest absolute Gasteiger partial charge is 0.342 e. The van der Waals surface area contributed by atoms with E-state index in [1.165, 1.54) is 42.1 Å². The molecule has 5 aromatic carbocycles. The Morgan fingerprint density at radius 2 is 0.714 bits per heavy atom. The minimum atomic E-state index is 0.248. The number of fused-ring (bicyclic) bond motifs is 6. The lowest BCUT2D eigenvalue weighted by Crippen LogP contribution is -2.37. The van der Waals surface area contributed by atoms with Crippen LogP contribution < -0.4 is 5.32 Å². The van der Waals surface area contributed by atoms with Crippen LogP contribution in [0, 0.1) is 17.8 Å². The Bertz CT molecular complexity index is 2960. The number of aromatic amines is 3. The number of H-pyrrole nitrogens is 3. The van der Waals surface area contributed by atoms with Crippen molar-refractivity contribution < 1.29 is 0 Å². The Morgan fingerprint density at radius 1 is 0.366 bits per heavy atom. The zero-order valence-corrected chi connectivity index (χ0v) is 82.4. The van der Waals surface area contributed by atoms with E-state index in [0.29, 0.717) is 30.0 Å². The number of para-hydroxylation sites is 5. The van der Waals surface area contributed by atoms with Gasteiger partial charge in [-0.05, 0) is 120 Å². The summed E-state index contributed by atoms with van der Waals surface area (Å²) < 4.78 is 1.29. The van der Waals surface area contributed by atoms with Gasteiger partial charge in [-0.1, -0.05) is 393 Å². The van der Waals surface area contributed by atoms with Crippen LogP contribution in [-0.2, 0) is 0 Å². The van der Waals surface area contributed by atoms with E-state index in [4.69, 9.17) is 0 Å². The average molecular weight is 1580 g/mol. The third kappa shape index (κ3) is 67.2. The number of imidazole rings is 1. The number of thiazole rings is 1. The van der Waals surface area contributed by atoms with Gasteiger partial charge in [-0.3, -0.25) is 15.2 Å². The second-order valence-corrected chi connectivity index (χ2v) is 25.0. The van der Waals surface area contributed by atoms with Crippen molar-refractivity contribution in [3.05, 3.63) is 169 Å². The minimum absolute atomic E-state index is 0.248. The van der Waals surface area contributed by atoms with E-state index in [1.54, 1.807) is 16.1 Å². The highest BCUT2D eigenvalue weighted by Crippen LogP contribution is 2.27. The fourth-order valence-electron chi connectivity index (χ4n) is 7.62. The quantitative estimate of drug-likeness (QED) is 0.135. The lowest BCUT2D eigenvalue weighted by Gasteiger charge is -2.26. The number of nitrogens with one attached hydrogen (secondary N) is 4. The van der Waals surface area contributed by atoms with E-state index in [9.17, 15) is 0 Å². The number of aromatic nitrogens is 10. The first kappa shape index (κ1) is 128. The Kier molecular flexibility index (Phi) is 112. The molecule has 0 radical (unpaired) electrons. The molecule has 4 N–H and O–H groups in total. The molecule has 1 saturated heterocycles. The normalized spacial score (nSPS) is 11.7. The van der Waals surface area contributed by atoms with Crippen LogP contribution in [0.5, 0.6) is 0 Å². The Labute approximate surface area is 698 Å². The van der Waals surface area contributed by atoms with E-state index in [0.717, 1.165) is 73.0 Å². The number of nitrogens with zero attached hydrogens (tertiary/aromatic N) is 10. The van der Waals surface area contributed by atoms with Crippen molar-refractivity contribution in [3.8, 4) is 0 Å². The predicted octanol–water partition coefficient (Wildman–Crippen LogP) is 33.3. The SMILES string of the molecule is C1CCNCC1.CC.CC.CC.CC.CC.CC.CC.CC.CC.CC.CC.CC.CC.CC.CC(C)C.CC(C)C.CC(C)C.CC(C)N1N=NC2C=CC=CC21.CC(C)c1nc2ccccc2[nH]1.CC(C)c1nc2ccccc2s1.CC(C)n1nc2ccccc2n1.c1ccc2[nH]ncc2c1.c1ccc2[nH]ncc2c1. The predicted molar refractivity (Wildman–Crippen MR) is 519 cm³/mol. The van der Waals surface area contributed by atoms with Crippen LogP contribution in [-0.4, -0.2) is 86.6 Å². The molecule has 112 heavy (non-hydrogen) atoms. The highest BCUT2D eigenvalue weighted by Gasteiger charge is 2.31. The van der Waals surface area contributed by atoms with Gasteiger partial charge in [0.1, 0.15) is 22.9 Å². The molecule has 0 spiro atoms. The van der Waals surface area contributed by atoms with Gasteiger partial charge in [0.25, 0.3) is 0 Å². The van der Waals surface area contributed by atoms with Crippen molar-refractivity contribution in [1.82, 2.24) is 60.7 Å². The van der Waals surface area contributed by atoms with E-state index in [-0.39, 0.29) is 6.04 Å². The first-order valence-electron chi connectivity index (χ1n) is 44.4. The summed E-state index contributed by atoms with van der Waals surface area (Å²) in [5, 5.41) is 39.3. The first-order chi connectivity index (χ1) is 54.2. The van der Waals surface area contributed by atoms with E-state index in [1.807, 2.05) is 320 Å². The molecule has 15 heteroatoms. The standard InChI is InChI=1S/C10H12N2.C10H11NS.C9H13N3.C9H11N3.2C7H6N2.C5H11N.3C4H10.14C2H6/c2*1-7(2)10-11-8-5-3-4-6-9(8)12-10;1-7(2)12-9-6-4-3-5-8(9)10-11-12;1-7(2)12-10-8-5-3-4-6-9(8)11-12;2*1-2-4-7-6(3-1)5-8-9-7;1-2-4-6-5-3-1;3*1-4(2)3;14*1-2/h3-7H,1-2H3,(H,11,12);3-7H,1-2H3;3-9H,1-2H3;3-7H,1-2H3;2*1-5H,(H,8,9);6H,1-5H2;3*4H,1-3H3;14*1-2H3. The maximum absolute atomic E-state index is 4.53. The molecule has 2 atom stereocenters. The van der Waals surface area contributed by atoms with Gasteiger partial charge in [-0.25, -0.2) is 9.97 Å². The molecule has 0 saturated carbocycles. The van der Waals surface area contributed by atoms with Crippen LogP contribution in [0.4, 0.5) is 0 Å². The lowest BCUT2D eigenvalue weighted by molar-refractivity contribution is 0.209. The molecule has 0 amide bonds. The molecular weight excluding hydrogens is 1390 g/mol. The molecule has 2 unspecified atom stereocenters. The molecule has 2 aliphatic heterocycles. The molecule has 648 valence electrons. The van der Waals surface area contributed by atoms with Crippen molar-refractivity contribution in [1.29, 1.82) is 0 Å². The van der Waals surface area contributed by atoms with Gasteiger partial charge in [0.2, 0.25) is 0 Å². The summed E-state index contributed by atoms with van der Waals surface area (Å²) in [5.74, 6) is 4.58. The molecule has 1 aliphatic carbocycles. The van der Waals surface area contributed by atoms with Gasteiger partial charge in [0.15, 0.2) is 0 Å². The van der Waals surface area contributed by atoms with E-state index >= 15 is 0 Å². The molecule has 13 rings (SSSR count). The summed E-state index contributed by atoms with van der Waals surface area (Å²) in [4.78, 5) is 14.0. The van der Waals surface area contributed by atoms with Crippen molar-refractivity contribution in [2.75, 3.05) is 13.1 Å². The van der Waals surface area contributed by atoms with Crippen LogP contribution in [0.25, 0.3) is 54.1 Å². The zero-order chi connectivity index (χ0) is 89.4. The summed E-state index contributed by atoms with van der Waals surface area (Å²) in [5.41, 5.74) is 7.43. The number of hydrogen-bond acceptors (Lipinski definition) is 11. The second-order valence-electron chi connectivity index (χ2n) is 23.9. The molecule has 7 heterocycles. The Balaban J connectivity index is -0.000000110. The number of piperidine rings is 1. The minimum Gasteiger partial charge on any atom is -0.342 e. The number of benzene rings is 5. The maximum Gasteiger partial charge on any atom is 0.117 e. The van der Waals surface area contributed by atoms with E-state index in [2.05, 4.69) is 215 Å². The highest BCUT2D eigenvalue weighted by molar-refractivity contribution is 7.18. The fraction of sp³-hybridized carbons (Fsp3) is 0.608. The van der Waals surface area contributed by atoms with Crippen molar-refractivity contribution in [2.24, 2.45) is 28.1 Å².